The first-order chi connectivity index (χ1) is 32.2. The van der Waals surface area contributed by atoms with E-state index in [1.165, 1.54) is 34.4 Å². The Morgan fingerprint density at radius 2 is 0.971 bits per heavy atom. The summed E-state index contributed by atoms with van der Waals surface area (Å²) in [4.78, 5) is 40.1. The van der Waals surface area contributed by atoms with Crippen LogP contribution in [0.1, 0.15) is 113 Å². The number of allylic oxidation sites excluding steroid dienone is 2. The number of benzene rings is 5. The fourth-order valence-electron chi connectivity index (χ4n) is 8.97. The zero-order valence-corrected chi connectivity index (χ0v) is 41.3. The van der Waals surface area contributed by atoms with Gasteiger partial charge in [-0.15, -0.1) is 12.4 Å². The first-order valence-corrected chi connectivity index (χ1v) is 23.6. The number of non-ortho nitro benzene ring substituents is 1. The highest BCUT2D eigenvalue weighted by Gasteiger charge is 2.39. The van der Waals surface area contributed by atoms with Gasteiger partial charge >= 0.3 is 11.9 Å². The third kappa shape index (κ3) is 15.0. The summed E-state index contributed by atoms with van der Waals surface area (Å²) in [5.74, 6) is -1.59. The lowest BCUT2D eigenvalue weighted by Crippen LogP contribution is -2.38. The van der Waals surface area contributed by atoms with Gasteiger partial charge in [0.1, 0.15) is 0 Å². The molecule has 0 spiro atoms. The number of hydrogen-bond acceptors (Lipinski definition) is 9. The molecule has 68 heavy (non-hydrogen) atoms. The van der Waals surface area contributed by atoms with E-state index in [-0.39, 0.29) is 42.5 Å². The van der Waals surface area contributed by atoms with E-state index in [9.17, 15) is 19.7 Å². The van der Waals surface area contributed by atoms with Gasteiger partial charge in [0.05, 0.1) is 35.2 Å². The van der Waals surface area contributed by atoms with Crippen LogP contribution in [-0.4, -0.2) is 56.3 Å². The van der Waals surface area contributed by atoms with Crippen molar-refractivity contribution in [3.8, 4) is 0 Å². The van der Waals surface area contributed by atoms with E-state index in [0.717, 1.165) is 38.8 Å². The molecule has 11 heteroatoms. The van der Waals surface area contributed by atoms with Crippen LogP contribution in [0.25, 0.3) is 0 Å². The second-order valence-electron chi connectivity index (χ2n) is 19.4. The van der Waals surface area contributed by atoms with Gasteiger partial charge in [-0.3, -0.25) is 10.1 Å². The quantitative estimate of drug-likeness (QED) is 0.0239. The van der Waals surface area contributed by atoms with Crippen molar-refractivity contribution in [1.82, 2.24) is 16.0 Å². The zero-order valence-electron chi connectivity index (χ0n) is 40.5. The number of nitrogens with one attached hydrogen (secondary N) is 3. The smallest absolute Gasteiger partial charge is 0.336 e. The Morgan fingerprint density at radius 3 is 1.32 bits per heavy atom. The first-order valence-electron chi connectivity index (χ1n) is 23.6. The van der Waals surface area contributed by atoms with Crippen LogP contribution >= 0.6 is 12.4 Å². The molecular formula is C57H69ClN4O6. The molecule has 5 aromatic rings. The molecule has 0 saturated heterocycles. The van der Waals surface area contributed by atoms with Gasteiger partial charge in [-0.1, -0.05) is 161 Å². The van der Waals surface area contributed by atoms with Crippen LogP contribution in [0, 0.1) is 20.9 Å². The van der Waals surface area contributed by atoms with E-state index in [0.29, 0.717) is 41.9 Å². The van der Waals surface area contributed by atoms with Crippen molar-refractivity contribution in [2.45, 2.75) is 85.0 Å². The average molecular weight is 942 g/mol. The summed E-state index contributed by atoms with van der Waals surface area (Å²) >= 11 is 0. The average Bonchev–Trinajstić information content (AvgIpc) is 3.33. The summed E-state index contributed by atoms with van der Waals surface area (Å²) < 4.78 is 12.1. The van der Waals surface area contributed by atoms with Gasteiger partial charge in [0.25, 0.3) is 5.69 Å². The summed E-state index contributed by atoms with van der Waals surface area (Å²) in [6.07, 6.45) is 3.87. The number of nitro groups is 1. The van der Waals surface area contributed by atoms with Crippen molar-refractivity contribution < 1.29 is 24.0 Å². The Kier molecular flexibility index (Phi) is 19.7. The number of dihydropyridines is 1. The van der Waals surface area contributed by atoms with Crippen molar-refractivity contribution in [1.29, 1.82) is 0 Å². The highest BCUT2D eigenvalue weighted by Crippen LogP contribution is 2.41. The number of ether oxygens (including phenoxy) is 2. The van der Waals surface area contributed by atoms with E-state index in [2.05, 4.69) is 113 Å². The lowest BCUT2D eigenvalue weighted by molar-refractivity contribution is -0.384. The molecule has 0 aromatic heterocycles. The molecule has 360 valence electrons. The first kappa shape index (κ1) is 52.9. The van der Waals surface area contributed by atoms with E-state index in [1.54, 1.807) is 26.0 Å². The van der Waals surface area contributed by atoms with Gasteiger partial charge < -0.3 is 25.4 Å². The summed E-state index contributed by atoms with van der Waals surface area (Å²) in [6, 6.07) is 48.4. The van der Waals surface area contributed by atoms with Crippen molar-refractivity contribution in [2.75, 3.05) is 39.4 Å². The van der Waals surface area contributed by atoms with Gasteiger partial charge in [-0.05, 0) is 80.4 Å². The van der Waals surface area contributed by atoms with Crippen LogP contribution in [0.4, 0.5) is 5.69 Å². The van der Waals surface area contributed by atoms with E-state index in [1.807, 2.05) is 52.0 Å². The number of nitrogens with zero attached hydrogens (tertiary/aromatic N) is 1. The molecule has 10 nitrogen and oxygen atoms in total. The normalized spacial score (nSPS) is 13.3. The van der Waals surface area contributed by atoms with Gasteiger partial charge in [-0.25, -0.2) is 9.59 Å². The van der Waals surface area contributed by atoms with Crippen LogP contribution in [0.5, 0.6) is 0 Å². The number of esters is 2. The minimum Gasteiger partial charge on any atom is -0.462 e. The maximum absolute atomic E-state index is 14.3. The molecule has 0 amide bonds. The molecule has 5 aromatic carbocycles. The number of halogens is 1. The number of hydrogen-bond donors (Lipinski definition) is 3. The summed E-state index contributed by atoms with van der Waals surface area (Å²) in [5, 5.41) is 22.4. The Balaban J connectivity index is 0.00000864. The fraction of sp³-hybridized carbons (Fsp3) is 0.368. The molecule has 6 rings (SSSR count). The number of carbonyl (C=O) groups excluding carboxylic acids is 2. The third-order valence-electron chi connectivity index (χ3n) is 12.5. The number of carbonyl (C=O) groups is 2. The second kappa shape index (κ2) is 25.3. The summed E-state index contributed by atoms with van der Waals surface area (Å²) in [5.41, 5.74) is 6.02. The Hall–Kier alpha value is -6.07. The van der Waals surface area contributed by atoms with E-state index >= 15 is 0 Å². The maximum atomic E-state index is 14.3. The number of nitro benzene ring substituents is 1. The highest BCUT2D eigenvalue weighted by atomic mass is 35.5. The lowest BCUT2D eigenvalue weighted by atomic mass is 9.80. The topological polar surface area (TPSA) is 132 Å². The van der Waals surface area contributed by atoms with Gasteiger partial charge in [0.2, 0.25) is 0 Å². The van der Waals surface area contributed by atoms with Gasteiger partial charge in [-0.2, -0.15) is 0 Å². The van der Waals surface area contributed by atoms with Crippen molar-refractivity contribution in [3.63, 3.8) is 0 Å². The minimum atomic E-state index is -0.965. The van der Waals surface area contributed by atoms with Crippen LogP contribution in [0.3, 0.4) is 0 Å². The van der Waals surface area contributed by atoms with Gasteiger partial charge in [0.15, 0.2) is 0 Å². The van der Waals surface area contributed by atoms with Crippen molar-refractivity contribution in [3.05, 3.63) is 206 Å². The minimum absolute atomic E-state index is 0. The molecule has 0 bridgehead atoms. The maximum Gasteiger partial charge on any atom is 0.336 e. The van der Waals surface area contributed by atoms with Crippen molar-refractivity contribution >= 4 is 30.0 Å². The molecule has 1 aliphatic rings. The SMILES string of the molecule is CC1=C(C(=O)OCC(C)(C)CNCCCC(c2ccccc2)c2ccccc2)C(c2cccc([N+](=O)[O-])c2)C(C(=O)OCC(C)(C)CNCCCC(c2ccccc2)c2ccccc2)=C(C)N1.Cl. The highest BCUT2D eigenvalue weighted by molar-refractivity contribution is 6.00. The molecule has 0 unspecified atom stereocenters. The Labute approximate surface area is 409 Å². The number of rotatable bonds is 24. The van der Waals surface area contributed by atoms with Gasteiger partial charge in [0, 0.05) is 59.3 Å². The summed E-state index contributed by atoms with van der Waals surface area (Å²) in [7, 11) is 0. The van der Waals surface area contributed by atoms with Crippen molar-refractivity contribution in [2.24, 2.45) is 10.8 Å². The molecule has 3 N–H and O–H groups in total. The Morgan fingerprint density at radius 1 is 0.603 bits per heavy atom. The largest absolute Gasteiger partial charge is 0.462 e. The molecular weight excluding hydrogens is 872 g/mol. The third-order valence-corrected chi connectivity index (χ3v) is 12.5. The van der Waals surface area contributed by atoms with Crippen LogP contribution in [-0.2, 0) is 19.1 Å². The predicted molar refractivity (Wildman–Crippen MR) is 275 cm³/mol. The molecule has 0 atom stereocenters. The van der Waals surface area contributed by atoms with Crippen LogP contribution in [0.2, 0.25) is 0 Å². The molecule has 0 fully saturated rings. The zero-order chi connectivity index (χ0) is 47.8. The monoisotopic (exact) mass is 940 g/mol. The Bertz CT molecular complexity index is 2240. The summed E-state index contributed by atoms with van der Waals surface area (Å²) in [6.45, 7) is 14.7. The standard InChI is InChI=1S/C57H68N4O6.ClH/c1-41-51(54(62)66-39-56(3,4)37-58-34-20-32-49(43-22-11-7-12-23-43)44-24-13-8-14-25-44)53(47-30-19-31-48(36-47)61(64)65)52(42(2)60-41)55(63)67-40-57(5,6)38-59-35-21-33-50(45-26-15-9-16-27-45)46-28-17-10-18-29-46;/h7-19,22-31,36,49-50,53,58-60H,20-21,32-35,37-40H2,1-6H3;1H. The molecule has 0 radical (unpaired) electrons. The molecule has 1 aliphatic heterocycles. The fourth-order valence-corrected chi connectivity index (χ4v) is 8.97. The van der Waals surface area contributed by atoms with Crippen LogP contribution in [0.15, 0.2) is 168 Å². The second-order valence-corrected chi connectivity index (χ2v) is 19.4. The predicted octanol–water partition coefficient (Wildman–Crippen LogP) is 11.8. The van der Waals surface area contributed by atoms with E-state index in [4.69, 9.17) is 9.47 Å². The van der Waals surface area contributed by atoms with E-state index < -0.39 is 33.6 Å². The van der Waals surface area contributed by atoms with Crippen LogP contribution < -0.4 is 16.0 Å². The molecule has 0 aliphatic carbocycles. The molecule has 1 heterocycles. The molecule has 0 saturated carbocycles. The lowest BCUT2D eigenvalue weighted by Gasteiger charge is -2.32.